The average molecular weight is 285 g/mol. The van der Waals surface area contributed by atoms with Crippen LogP contribution in [-0.4, -0.2) is 21.0 Å². The van der Waals surface area contributed by atoms with Gasteiger partial charge < -0.3 is 14.8 Å². The summed E-state index contributed by atoms with van der Waals surface area (Å²) in [4.78, 5) is 28.0. The summed E-state index contributed by atoms with van der Waals surface area (Å²) in [6, 6.07) is 2.92. The van der Waals surface area contributed by atoms with Crippen LogP contribution in [0.3, 0.4) is 0 Å². The summed E-state index contributed by atoms with van der Waals surface area (Å²) in [5, 5.41) is 8.59. The molecular formula is C11H6ClFN2O4. The van der Waals surface area contributed by atoms with Gasteiger partial charge in [-0.1, -0.05) is 11.6 Å². The van der Waals surface area contributed by atoms with Gasteiger partial charge in [-0.25, -0.2) is 14.2 Å². The van der Waals surface area contributed by atoms with E-state index in [4.69, 9.17) is 21.4 Å². The third-order valence-corrected chi connectivity index (χ3v) is 2.48. The number of aromatic nitrogens is 2. The van der Waals surface area contributed by atoms with E-state index in [-0.39, 0.29) is 16.7 Å². The Morgan fingerprint density at radius 3 is 2.89 bits per heavy atom. The van der Waals surface area contributed by atoms with E-state index < -0.39 is 22.9 Å². The molecule has 0 unspecified atom stereocenters. The molecule has 0 amide bonds. The number of carbonyl (C=O) groups is 1. The molecule has 2 aromatic rings. The Bertz CT molecular complexity index is 701. The fraction of sp³-hybridized carbons (Fsp3) is 0. The lowest BCUT2D eigenvalue weighted by Crippen LogP contribution is -2.09. The van der Waals surface area contributed by atoms with E-state index in [2.05, 4.69) is 9.97 Å². The maximum absolute atomic E-state index is 13.0. The van der Waals surface area contributed by atoms with Gasteiger partial charge in [-0.2, -0.15) is 0 Å². The Hall–Kier alpha value is -2.41. The SMILES string of the molecule is O=C(O)c1cc(F)ccc1Oc1nc[nH]c(=O)c1Cl. The van der Waals surface area contributed by atoms with Gasteiger partial charge in [-0.05, 0) is 18.2 Å². The summed E-state index contributed by atoms with van der Waals surface area (Å²) in [6.07, 6.45) is 1.05. The maximum Gasteiger partial charge on any atom is 0.339 e. The largest absolute Gasteiger partial charge is 0.478 e. The monoisotopic (exact) mass is 284 g/mol. The normalized spacial score (nSPS) is 10.2. The number of nitrogens with one attached hydrogen (secondary N) is 1. The Labute approximate surface area is 110 Å². The standard InChI is InChI=1S/C11H6ClFN2O4/c12-8-9(16)14-4-15-10(8)19-7-2-1-5(13)3-6(7)11(17)18/h1-4H,(H,17,18)(H,14,15,16). The van der Waals surface area contributed by atoms with Crippen molar-refractivity contribution < 1.29 is 19.0 Å². The van der Waals surface area contributed by atoms with Crippen molar-refractivity contribution in [1.29, 1.82) is 0 Å². The number of hydrogen-bond donors (Lipinski definition) is 2. The van der Waals surface area contributed by atoms with Gasteiger partial charge in [-0.15, -0.1) is 0 Å². The van der Waals surface area contributed by atoms with Crippen LogP contribution in [0.4, 0.5) is 4.39 Å². The van der Waals surface area contributed by atoms with Crippen LogP contribution in [0.5, 0.6) is 11.6 Å². The molecule has 0 saturated heterocycles. The van der Waals surface area contributed by atoms with Crippen LogP contribution in [0.15, 0.2) is 29.3 Å². The van der Waals surface area contributed by atoms with Crippen molar-refractivity contribution >= 4 is 17.6 Å². The molecule has 0 fully saturated rings. The number of hydrogen-bond acceptors (Lipinski definition) is 4. The molecule has 0 aliphatic heterocycles. The van der Waals surface area contributed by atoms with Crippen LogP contribution in [-0.2, 0) is 0 Å². The van der Waals surface area contributed by atoms with Gasteiger partial charge in [0.1, 0.15) is 17.1 Å². The van der Waals surface area contributed by atoms with Gasteiger partial charge in [0.25, 0.3) is 5.56 Å². The third-order valence-electron chi connectivity index (χ3n) is 2.14. The number of halogens is 2. The Morgan fingerprint density at radius 2 is 2.21 bits per heavy atom. The van der Waals surface area contributed by atoms with Crippen molar-refractivity contribution in [1.82, 2.24) is 9.97 Å². The topological polar surface area (TPSA) is 92.3 Å². The van der Waals surface area contributed by atoms with Crippen LogP contribution in [0.1, 0.15) is 10.4 Å². The van der Waals surface area contributed by atoms with E-state index in [1.807, 2.05) is 0 Å². The molecule has 98 valence electrons. The molecule has 0 radical (unpaired) electrons. The lowest BCUT2D eigenvalue weighted by Gasteiger charge is -2.08. The maximum atomic E-state index is 13.0. The number of benzene rings is 1. The fourth-order valence-corrected chi connectivity index (χ4v) is 1.44. The molecule has 1 aromatic heterocycles. The van der Waals surface area contributed by atoms with E-state index in [1.165, 1.54) is 0 Å². The average Bonchev–Trinajstić information content (AvgIpc) is 2.36. The summed E-state index contributed by atoms with van der Waals surface area (Å²) in [5.41, 5.74) is -1.04. The van der Waals surface area contributed by atoms with Crippen LogP contribution in [0.25, 0.3) is 0 Å². The van der Waals surface area contributed by atoms with Gasteiger partial charge in [0.2, 0.25) is 5.88 Å². The zero-order chi connectivity index (χ0) is 14.0. The van der Waals surface area contributed by atoms with Crippen LogP contribution < -0.4 is 10.3 Å². The molecule has 1 heterocycles. The van der Waals surface area contributed by atoms with E-state index in [1.54, 1.807) is 0 Å². The molecule has 0 spiro atoms. The molecule has 2 N–H and O–H groups in total. The molecule has 1 aromatic carbocycles. The number of nitrogens with zero attached hydrogens (tertiary/aromatic N) is 1. The molecule has 0 bridgehead atoms. The Balaban J connectivity index is 2.46. The fourth-order valence-electron chi connectivity index (χ4n) is 1.30. The number of aromatic carboxylic acids is 1. The summed E-state index contributed by atoms with van der Waals surface area (Å²) in [5.74, 6) is -2.54. The number of rotatable bonds is 3. The number of carboxylic acid groups (broad SMARTS) is 1. The number of aromatic amines is 1. The molecule has 0 atom stereocenters. The smallest absolute Gasteiger partial charge is 0.339 e. The quantitative estimate of drug-likeness (QED) is 0.900. The van der Waals surface area contributed by atoms with Crippen molar-refractivity contribution in [3.05, 3.63) is 51.3 Å². The van der Waals surface area contributed by atoms with E-state index in [0.717, 1.165) is 24.5 Å². The zero-order valence-electron chi connectivity index (χ0n) is 9.18. The van der Waals surface area contributed by atoms with Gasteiger partial charge in [0.15, 0.2) is 5.02 Å². The minimum Gasteiger partial charge on any atom is -0.478 e. The van der Waals surface area contributed by atoms with Crippen molar-refractivity contribution in [2.75, 3.05) is 0 Å². The predicted octanol–water partition coefficient (Wildman–Crippen LogP) is 2.05. The number of H-pyrrole nitrogens is 1. The summed E-state index contributed by atoms with van der Waals surface area (Å²) in [7, 11) is 0. The van der Waals surface area contributed by atoms with Gasteiger partial charge in [-0.3, -0.25) is 4.79 Å². The third kappa shape index (κ3) is 2.71. The lowest BCUT2D eigenvalue weighted by atomic mass is 10.2. The van der Waals surface area contributed by atoms with E-state index in [9.17, 15) is 14.0 Å². The first-order chi connectivity index (χ1) is 8.99. The predicted molar refractivity (Wildman–Crippen MR) is 63.3 cm³/mol. The van der Waals surface area contributed by atoms with Gasteiger partial charge >= 0.3 is 5.97 Å². The second kappa shape index (κ2) is 5.07. The Morgan fingerprint density at radius 1 is 1.47 bits per heavy atom. The summed E-state index contributed by atoms with van der Waals surface area (Å²) in [6.45, 7) is 0. The minimum atomic E-state index is -1.38. The highest BCUT2D eigenvalue weighted by Gasteiger charge is 2.16. The molecule has 2 rings (SSSR count). The van der Waals surface area contributed by atoms with Crippen molar-refractivity contribution in [3.8, 4) is 11.6 Å². The van der Waals surface area contributed by atoms with Gasteiger partial charge in [0, 0.05) is 0 Å². The highest BCUT2D eigenvalue weighted by Crippen LogP contribution is 2.27. The van der Waals surface area contributed by atoms with E-state index >= 15 is 0 Å². The zero-order valence-corrected chi connectivity index (χ0v) is 9.94. The van der Waals surface area contributed by atoms with Crippen molar-refractivity contribution in [2.45, 2.75) is 0 Å². The van der Waals surface area contributed by atoms with Crippen molar-refractivity contribution in [2.24, 2.45) is 0 Å². The first-order valence-electron chi connectivity index (χ1n) is 4.93. The molecule has 0 aliphatic carbocycles. The first-order valence-corrected chi connectivity index (χ1v) is 5.30. The summed E-state index contributed by atoms with van der Waals surface area (Å²) >= 11 is 5.65. The lowest BCUT2D eigenvalue weighted by molar-refractivity contribution is 0.0693. The first kappa shape index (κ1) is 13.0. The highest BCUT2D eigenvalue weighted by molar-refractivity contribution is 6.31. The van der Waals surface area contributed by atoms with Crippen LogP contribution in [0, 0.1) is 5.82 Å². The van der Waals surface area contributed by atoms with Crippen molar-refractivity contribution in [3.63, 3.8) is 0 Å². The second-order valence-electron chi connectivity index (χ2n) is 3.40. The molecule has 19 heavy (non-hydrogen) atoms. The van der Waals surface area contributed by atoms with Gasteiger partial charge in [0.05, 0.1) is 6.33 Å². The molecule has 6 nitrogen and oxygen atoms in total. The van der Waals surface area contributed by atoms with Crippen LogP contribution >= 0.6 is 11.6 Å². The molecule has 0 saturated carbocycles. The minimum absolute atomic E-state index is 0.172. The van der Waals surface area contributed by atoms with E-state index in [0.29, 0.717) is 0 Å². The molecular weight excluding hydrogens is 279 g/mol. The number of carboxylic acids is 1. The molecule has 0 aliphatic rings. The number of ether oxygens (including phenoxy) is 1. The summed E-state index contributed by atoms with van der Waals surface area (Å²) < 4.78 is 18.1. The molecule has 8 heteroatoms. The van der Waals surface area contributed by atoms with Crippen LogP contribution in [0.2, 0.25) is 5.02 Å². The Kier molecular flexibility index (Phi) is 3.48. The highest BCUT2D eigenvalue weighted by atomic mass is 35.5. The second-order valence-corrected chi connectivity index (χ2v) is 3.78.